The Morgan fingerprint density at radius 3 is 2.38 bits per heavy atom. The summed E-state index contributed by atoms with van der Waals surface area (Å²) in [5.41, 5.74) is -1.08. The van der Waals surface area contributed by atoms with Gasteiger partial charge in [-0.15, -0.1) is 0 Å². The van der Waals surface area contributed by atoms with Gasteiger partial charge in [0, 0.05) is 23.4 Å². The molecule has 0 aliphatic carbocycles. The van der Waals surface area contributed by atoms with Gasteiger partial charge in [0.05, 0.1) is 5.69 Å². The number of anilines is 1. The molecule has 0 fully saturated rings. The summed E-state index contributed by atoms with van der Waals surface area (Å²) in [6.45, 7) is 4.98. The van der Waals surface area contributed by atoms with Crippen LogP contribution in [0.3, 0.4) is 0 Å². The average Bonchev–Trinajstić information content (AvgIpc) is 2.43. The number of carbonyl (C=O) groups excluding carboxylic acids is 1. The molecule has 2 rings (SSSR count). The SMILES string of the molecule is CC(C)(C)OC(=O)Nc1c(-c2cc(F)c(F)cc2F)ccnc1Cl. The number of ether oxygens (including phenoxy) is 1. The minimum absolute atomic E-state index is 0.0391. The van der Waals surface area contributed by atoms with Crippen molar-refractivity contribution in [3.8, 4) is 11.1 Å². The van der Waals surface area contributed by atoms with Crippen molar-refractivity contribution < 1.29 is 22.7 Å². The van der Waals surface area contributed by atoms with Crippen molar-refractivity contribution in [3.05, 3.63) is 47.0 Å². The lowest BCUT2D eigenvalue weighted by molar-refractivity contribution is 0.0636. The molecule has 1 aromatic heterocycles. The molecule has 1 aromatic carbocycles. The Balaban J connectivity index is 2.48. The van der Waals surface area contributed by atoms with Crippen LogP contribution in [0.1, 0.15) is 20.8 Å². The molecule has 128 valence electrons. The second kappa shape index (κ2) is 6.68. The highest BCUT2D eigenvalue weighted by Crippen LogP contribution is 2.35. The number of hydrogen-bond acceptors (Lipinski definition) is 3. The normalized spacial score (nSPS) is 11.3. The van der Waals surface area contributed by atoms with E-state index >= 15 is 0 Å². The number of nitrogens with one attached hydrogen (secondary N) is 1. The maximum Gasteiger partial charge on any atom is 0.412 e. The zero-order chi connectivity index (χ0) is 18.1. The zero-order valence-corrected chi connectivity index (χ0v) is 13.8. The third-order valence-electron chi connectivity index (χ3n) is 2.83. The molecule has 0 atom stereocenters. The Labute approximate surface area is 141 Å². The van der Waals surface area contributed by atoms with E-state index in [2.05, 4.69) is 10.3 Å². The first-order chi connectivity index (χ1) is 11.1. The Morgan fingerprint density at radius 2 is 1.75 bits per heavy atom. The molecule has 0 saturated carbocycles. The summed E-state index contributed by atoms with van der Waals surface area (Å²) in [5, 5.41) is 2.21. The molecule has 2 aromatic rings. The highest BCUT2D eigenvalue weighted by Gasteiger charge is 2.21. The molecule has 0 unspecified atom stereocenters. The summed E-state index contributed by atoms with van der Waals surface area (Å²) in [6.07, 6.45) is 0.403. The molecular weight excluding hydrogens is 345 g/mol. The fraction of sp³-hybridized carbons (Fsp3) is 0.250. The van der Waals surface area contributed by atoms with Gasteiger partial charge < -0.3 is 4.74 Å². The first-order valence-electron chi connectivity index (χ1n) is 6.88. The zero-order valence-electron chi connectivity index (χ0n) is 13.1. The van der Waals surface area contributed by atoms with Crippen LogP contribution < -0.4 is 5.32 Å². The topological polar surface area (TPSA) is 51.2 Å². The number of carbonyl (C=O) groups is 1. The Morgan fingerprint density at radius 1 is 1.12 bits per heavy atom. The van der Waals surface area contributed by atoms with E-state index in [0.29, 0.717) is 12.1 Å². The number of benzene rings is 1. The van der Waals surface area contributed by atoms with Gasteiger partial charge in [-0.25, -0.2) is 22.9 Å². The fourth-order valence-corrected chi connectivity index (χ4v) is 2.12. The third-order valence-corrected chi connectivity index (χ3v) is 3.12. The lowest BCUT2D eigenvalue weighted by Gasteiger charge is -2.20. The number of pyridine rings is 1. The van der Waals surface area contributed by atoms with E-state index in [-0.39, 0.29) is 22.0 Å². The molecular formula is C16H14ClF3N2O2. The van der Waals surface area contributed by atoms with Crippen LogP contribution in [-0.2, 0) is 4.74 Å². The maximum absolute atomic E-state index is 14.0. The first-order valence-corrected chi connectivity index (χ1v) is 7.25. The van der Waals surface area contributed by atoms with E-state index in [0.717, 1.165) is 0 Å². The molecule has 4 nitrogen and oxygen atoms in total. The maximum atomic E-state index is 14.0. The summed E-state index contributed by atoms with van der Waals surface area (Å²) >= 11 is 5.95. The number of nitrogens with zero attached hydrogens (tertiary/aromatic N) is 1. The second-order valence-electron chi connectivity index (χ2n) is 5.90. The van der Waals surface area contributed by atoms with E-state index in [9.17, 15) is 18.0 Å². The van der Waals surface area contributed by atoms with Crippen molar-refractivity contribution in [1.29, 1.82) is 0 Å². The summed E-state index contributed by atoms with van der Waals surface area (Å²) in [7, 11) is 0. The summed E-state index contributed by atoms with van der Waals surface area (Å²) in [4.78, 5) is 15.7. The standard InChI is InChI=1S/C16H14ClF3N2O2/c1-16(2,3)24-15(23)22-13-8(4-5-21-14(13)17)9-6-11(19)12(20)7-10(9)18/h4-7H,1-3H3,(H,22,23). The van der Waals surface area contributed by atoms with Crippen LogP contribution >= 0.6 is 11.6 Å². The van der Waals surface area contributed by atoms with Crippen LogP contribution in [0, 0.1) is 17.5 Å². The van der Waals surface area contributed by atoms with Gasteiger partial charge in [-0.2, -0.15) is 0 Å². The quantitative estimate of drug-likeness (QED) is 0.595. The van der Waals surface area contributed by atoms with Gasteiger partial charge >= 0.3 is 6.09 Å². The van der Waals surface area contributed by atoms with Gasteiger partial charge in [0.2, 0.25) is 0 Å². The Kier molecular flexibility index (Phi) is 5.03. The van der Waals surface area contributed by atoms with E-state index in [4.69, 9.17) is 16.3 Å². The van der Waals surface area contributed by atoms with Crippen molar-refractivity contribution in [2.75, 3.05) is 5.32 Å². The van der Waals surface area contributed by atoms with Crippen molar-refractivity contribution in [3.63, 3.8) is 0 Å². The molecule has 0 aliphatic rings. The van der Waals surface area contributed by atoms with E-state index < -0.39 is 29.1 Å². The number of halogens is 4. The number of hydrogen-bond donors (Lipinski definition) is 1. The second-order valence-corrected chi connectivity index (χ2v) is 6.26. The van der Waals surface area contributed by atoms with Crippen LogP contribution in [-0.4, -0.2) is 16.7 Å². The largest absolute Gasteiger partial charge is 0.444 e. The predicted molar refractivity (Wildman–Crippen MR) is 84.4 cm³/mol. The van der Waals surface area contributed by atoms with Crippen molar-refractivity contribution in [2.45, 2.75) is 26.4 Å². The minimum Gasteiger partial charge on any atom is -0.444 e. The molecule has 8 heteroatoms. The van der Waals surface area contributed by atoms with Crippen LogP contribution in [0.25, 0.3) is 11.1 Å². The predicted octanol–water partition coefficient (Wildman–Crippen LogP) is 5.17. The molecule has 1 amide bonds. The van der Waals surface area contributed by atoms with E-state index in [1.54, 1.807) is 20.8 Å². The molecule has 1 heterocycles. The molecule has 0 spiro atoms. The lowest BCUT2D eigenvalue weighted by Crippen LogP contribution is -2.27. The van der Waals surface area contributed by atoms with Crippen LogP contribution in [0.15, 0.2) is 24.4 Å². The summed E-state index contributed by atoms with van der Waals surface area (Å²) in [5.74, 6) is -3.57. The van der Waals surface area contributed by atoms with Crippen molar-refractivity contribution in [2.24, 2.45) is 0 Å². The van der Waals surface area contributed by atoms with E-state index in [1.807, 2.05) is 0 Å². The van der Waals surface area contributed by atoms with Crippen molar-refractivity contribution in [1.82, 2.24) is 4.98 Å². The minimum atomic E-state index is -1.32. The third kappa shape index (κ3) is 4.17. The van der Waals surface area contributed by atoms with E-state index in [1.165, 1.54) is 12.3 Å². The van der Waals surface area contributed by atoms with Gasteiger partial charge in [-0.3, -0.25) is 5.32 Å². The fourth-order valence-electron chi connectivity index (χ4n) is 1.91. The summed E-state index contributed by atoms with van der Waals surface area (Å²) < 4.78 is 45.7. The molecule has 1 N–H and O–H groups in total. The number of rotatable bonds is 2. The van der Waals surface area contributed by atoms with Crippen LogP contribution in [0.5, 0.6) is 0 Å². The first kappa shape index (κ1) is 18.1. The Hall–Kier alpha value is -2.28. The van der Waals surface area contributed by atoms with Crippen molar-refractivity contribution >= 4 is 23.4 Å². The lowest BCUT2D eigenvalue weighted by atomic mass is 10.0. The molecule has 0 radical (unpaired) electrons. The highest BCUT2D eigenvalue weighted by atomic mass is 35.5. The van der Waals surface area contributed by atoms with Gasteiger partial charge in [0.25, 0.3) is 0 Å². The number of aromatic nitrogens is 1. The summed E-state index contributed by atoms with van der Waals surface area (Å²) in [6, 6.07) is 2.40. The van der Waals surface area contributed by atoms with Gasteiger partial charge in [-0.1, -0.05) is 11.6 Å². The van der Waals surface area contributed by atoms with Gasteiger partial charge in [0.1, 0.15) is 11.4 Å². The molecule has 0 saturated heterocycles. The number of amides is 1. The average molecular weight is 359 g/mol. The highest BCUT2D eigenvalue weighted by molar-refractivity contribution is 6.33. The van der Waals surface area contributed by atoms with Crippen LogP contribution in [0.4, 0.5) is 23.7 Å². The van der Waals surface area contributed by atoms with Gasteiger partial charge in [-0.05, 0) is 32.9 Å². The molecule has 0 aliphatic heterocycles. The van der Waals surface area contributed by atoms with Crippen LogP contribution in [0.2, 0.25) is 5.15 Å². The smallest absolute Gasteiger partial charge is 0.412 e. The Bertz CT molecular complexity index is 792. The molecule has 24 heavy (non-hydrogen) atoms. The van der Waals surface area contributed by atoms with Gasteiger partial charge in [0.15, 0.2) is 16.8 Å². The molecule has 0 bridgehead atoms. The monoisotopic (exact) mass is 358 g/mol.